The minimum atomic E-state index is 0.829. The van der Waals surface area contributed by atoms with Crippen LogP contribution in [0, 0.1) is 12.3 Å². The number of hydrogen-bond acceptors (Lipinski definition) is 1. The van der Waals surface area contributed by atoms with Crippen molar-refractivity contribution in [2.24, 2.45) is 5.92 Å². The van der Waals surface area contributed by atoms with Gasteiger partial charge in [0.25, 0.3) is 0 Å². The van der Waals surface area contributed by atoms with E-state index in [9.17, 15) is 0 Å². The summed E-state index contributed by atoms with van der Waals surface area (Å²) in [5, 5.41) is 0. The van der Waals surface area contributed by atoms with Crippen LogP contribution in [0.5, 0.6) is 0 Å². The van der Waals surface area contributed by atoms with Gasteiger partial charge in [0.05, 0.1) is 0 Å². The molecular formula is C8H14N. The quantitative estimate of drug-likeness (QED) is 0.470. The predicted octanol–water partition coefficient (Wildman–Crippen LogP) is 1.30. The van der Waals surface area contributed by atoms with Gasteiger partial charge in [-0.1, -0.05) is 0 Å². The lowest BCUT2D eigenvalue weighted by Gasteiger charge is -2.43. The highest BCUT2D eigenvalue weighted by Gasteiger charge is 2.30. The van der Waals surface area contributed by atoms with Gasteiger partial charge >= 0.3 is 0 Å². The van der Waals surface area contributed by atoms with Crippen LogP contribution < -0.4 is 0 Å². The monoisotopic (exact) mass is 124 g/mol. The summed E-state index contributed by atoms with van der Waals surface area (Å²) in [4.78, 5) is 2.48. The second kappa shape index (κ2) is 1.98. The molecule has 2 aliphatic heterocycles. The van der Waals surface area contributed by atoms with E-state index < -0.39 is 0 Å². The van der Waals surface area contributed by atoms with Crippen molar-refractivity contribution in [3.05, 3.63) is 6.42 Å². The van der Waals surface area contributed by atoms with E-state index in [0.29, 0.717) is 0 Å². The van der Waals surface area contributed by atoms with Crippen molar-refractivity contribution in [1.29, 1.82) is 0 Å². The average molecular weight is 124 g/mol. The first-order valence-electron chi connectivity index (χ1n) is 3.90. The maximum Gasteiger partial charge on any atom is 0.0124 e. The van der Waals surface area contributed by atoms with Crippen molar-refractivity contribution in [2.75, 3.05) is 13.6 Å². The van der Waals surface area contributed by atoms with Crippen LogP contribution in [0.3, 0.4) is 0 Å². The Bertz CT molecular complexity index is 103. The predicted molar refractivity (Wildman–Crippen MR) is 38.1 cm³/mol. The second-order valence-electron chi connectivity index (χ2n) is 3.42. The van der Waals surface area contributed by atoms with Crippen molar-refractivity contribution in [2.45, 2.75) is 25.3 Å². The molecule has 2 saturated heterocycles. The Kier molecular flexibility index (Phi) is 1.26. The Morgan fingerprint density at radius 3 is 2.56 bits per heavy atom. The molecule has 1 aliphatic carbocycles. The molecule has 3 fully saturated rings. The van der Waals surface area contributed by atoms with Crippen molar-refractivity contribution in [3.8, 4) is 0 Å². The topological polar surface area (TPSA) is 3.24 Å². The lowest BCUT2D eigenvalue weighted by Crippen LogP contribution is -2.45. The van der Waals surface area contributed by atoms with E-state index in [2.05, 4.69) is 18.4 Å². The summed E-state index contributed by atoms with van der Waals surface area (Å²) >= 11 is 0. The summed E-state index contributed by atoms with van der Waals surface area (Å²) in [6, 6.07) is 0.829. The molecule has 0 spiro atoms. The molecule has 0 amide bonds. The zero-order chi connectivity index (χ0) is 6.27. The van der Waals surface area contributed by atoms with Crippen LogP contribution in [0.4, 0.5) is 0 Å². The van der Waals surface area contributed by atoms with E-state index in [1.54, 1.807) is 0 Å². The Hall–Kier alpha value is -0.0400. The number of nitrogens with zero attached hydrogens (tertiary/aromatic N) is 1. The standard InChI is InChI=1S/C8H14N/c1-9-6-7-2-4-8(9)5-3-7/h4,7-8H,2-3,5-6H2,1H3. The Balaban J connectivity index is 2.06. The first-order chi connectivity index (χ1) is 4.36. The fourth-order valence-corrected chi connectivity index (χ4v) is 2.10. The summed E-state index contributed by atoms with van der Waals surface area (Å²) in [5.74, 6) is 1.000. The minimum absolute atomic E-state index is 0.829. The molecular weight excluding hydrogens is 110 g/mol. The molecule has 9 heavy (non-hydrogen) atoms. The highest BCUT2D eigenvalue weighted by molar-refractivity contribution is 4.97. The SMILES string of the molecule is CN1CC2C[CH]C1CC2. The first kappa shape index (κ1) is 5.72. The van der Waals surface area contributed by atoms with E-state index in [0.717, 1.165) is 12.0 Å². The van der Waals surface area contributed by atoms with Crippen LogP contribution in [0.15, 0.2) is 0 Å². The van der Waals surface area contributed by atoms with Gasteiger partial charge in [-0.2, -0.15) is 0 Å². The third-order valence-electron chi connectivity index (χ3n) is 2.72. The molecule has 3 rings (SSSR count). The molecule has 0 aromatic rings. The van der Waals surface area contributed by atoms with Gasteiger partial charge in [0, 0.05) is 12.6 Å². The van der Waals surface area contributed by atoms with E-state index >= 15 is 0 Å². The van der Waals surface area contributed by atoms with Gasteiger partial charge < -0.3 is 4.90 Å². The van der Waals surface area contributed by atoms with Crippen molar-refractivity contribution in [1.82, 2.24) is 4.90 Å². The summed E-state index contributed by atoms with van der Waals surface area (Å²) in [6.07, 6.45) is 6.76. The third kappa shape index (κ3) is 0.877. The zero-order valence-corrected chi connectivity index (χ0v) is 6.01. The minimum Gasteiger partial charge on any atom is -0.303 e. The van der Waals surface area contributed by atoms with Crippen LogP contribution in [-0.4, -0.2) is 24.5 Å². The largest absolute Gasteiger partial charge is 0.303 e. The lowest BCUT2D eigenvalue weighted by atomic mass is 9.80. The van der Waals surface area contributed by atoms with Crippen molar-refractivity contribution in [3.63, 3.8) is 0 Å². The molecule has 3 aliphatic rings. The number of hydrogen-bond donors (Lipinski definition) is 0. The zero-order valence-electron chi connectivity index (χ0n) is 6.01. The molecule has 1 heteroatoms. The third-order valence-corrected chi connectivity index (χ3v) is 2.72. The van der Waals surface area contributed by atoms with E-state index in [-0.39, 0.29) is 0 Å². The van der Waals surface area contributed by atoms with Gasteiger partial charge in [0.15, 0.2) is 0 Å². The molecule has 0 aromatic carbocycles. The van der Waals surface area contributed by atoms with E-state index in [4.69, 9.17) is 0 Å². The average Bonchev–Trinajstić information content (AvgIpc) is 1.90. The molecule has 0 N–H and O–H groups in total. The van der Waals surface area contributed by atoms with Gasteiger partial charge in [-0.05, 0) is 38.6 Å². The maximum absolute atomic E-state index is 2.48. The Morgan fingerprint density at radius 2 is 2.33 bits per heavy atom. The molecule has 1 saturated carbocycles. The summed E-state index contributed by atoms with van der Waals surface area (Å²) in [5.41, 5.74) is 0. The highest BCUT2D eigenvalue weighted by Crippen LogP contribution is 2.32. The molecule has 1 nitrogen and oxygen atoms in total. The van der Waals surface area contributed by atoms with Crippen LogP contribution in [0.1, 0.15) is 19.3 Å². The van der Waals surface area contributed by atoms with Crippen LogP contribution >= 0.6 is 0 Å². The van der Waals surface area contributed by atoms with Gasteiger partial charge in [-0.15, -0.1) is 0 Å². The Labute approximate surface area is 57.0 Å². The Morgan fingerprint density at radius 1 is 1.44 bits per heavy atom. The molecule has 2 unspecified atom stereocenters. The number of fused-ring (bicyclic) bond motifs is 3. The summed E-state index contributed by atoms with van der Waals surface area (Å²) < 4.78 is 0. The van der Waals surface area contributed by atoms with Crippen molar-refractivity contribution >= 4 is 0 Å². The molecule has 51 valence electrons. The van der Waals surface area contributed by atoms with Crippen molar-refractivity contribution < 1.29 is 0 Å². The molecule has 2 bridgehead atoms. The van der Waals surface area contributed by atoms with E-state index in [1.807, 2.05) is 0 Å². The highest BCUT2D eigenvalue weighted by atomic mass is 15.1. The van der Waals surface area contributed by atoms with Crippen LogP contribution in [0.25, 0.3) is 0 Å². The first-order valence-corrected chi connectivity index (χ1v) is 3.90. The van der Waals surface area contributed by atoms with Gasteiger partial charge in [-0.3, -0.25) is 0 Å². The summed E-state index contributed by atoms with van der Waals surface area (Å²) in [6.45, 7) is 1.35. The smallest absolute Gasteiger partial charge is 0.0124 e. The fraction of sp³-hybridized carbons (Fsp3) is 0.875. The molecule has 2 atom stereocenters. The lowest BCUT2D eigenvalue weighted by molar-refractivity contribution is 0.113. The van der Waals surface area contributed by atoms with Gasteiger partial charge in [0.2, 0.25) is 0 Å². The molecule has 1 radical (unpaired) electrons. The van der Waals surface area contributed by atoms with Gasteiger partial charge in [0.1, 0.15) is 0 Å². The number of piperidine rings is 2. The van der Waals surface area contributed by atoms with Gasteiger partial charge in [-0.25, -0.2) is 0 Å². The fourth-order valence-electron chi connectivity index (χ4n) is 2.10. The molecule has 0 aromatic heterocycles. The van der Waals surface area contributed by atoms with Crippen LogP contribution in [-0.2, 0) is 0 Å². The number of rotatable bonds is 0. The normalized spacial score (nSPS) is 43.7. The van der Waals surface area contributed by atoms with Crippen LogP contribution in [0.2, 0.25) is 0 Å². The van der Waals surface area contributed by atoms with E-state index in [1.165, 1.54) is 25.8 Å². The molecule has 2 heterocycles. The maximum atomic E-state index is 2.48. The summed E-state index contributed by atoms with van der Waals surface area (Å²) in [7, 11) is 2.24. The second-order valence-corrected chi connectivity index (χ2v) is 3.42.